The SMILES string of the molecule is Cc1cc(N=C=[Se])ccc1O. The van der Waals surface area contributed by atoms with Crippen LogP contribution in [0.1, 0.15) is 5.56 Å². The average Bonchev–Trinajstić information content (AvgIpc) is 1.98. The fourth-order valence-electron chi connectivity index (χ4n) is 0.762. The number of hydrogen-bond acceptors (Lipinski definition) is 2. The van der Waals surface area contributed by atoms with Gasteiger partial charge >= 0.3 is 72.5 Å². The molecule has 0 bridgehead atoms. The van der Waals surface area contributed by atoms with Crippen molar-refractivity contribution in [1.29, 1.82) is 0 Å². The van der Waals surface area contributed by atoms with E-state index in [1.807, 2.05) is 6.92 Å². The van der Waals surface area contributed by atoms with Gasteiger partial charge in [0.2, 0.25) is 0 Å². The summed E-state index contributed by atoms with van der Waals surface area (Å²) in [6, 6.07) is 5.14. The Labute approximate surface area is 73.0 Å². The van der Waals surface area contributed by atoms with Gasteiger partial charge in [-0.2, -0.15) is 0 Å². The summed E-state index contributed by atoms with van der Waals surface area (Å²) >= 11 is 2.55. The van der Waals surface area contributed by atoms with E-state index in [-0.39, 0.29) is 0 Å². The molecule has 56 valence electrons. The van der Waals surface area contributed by atoms with E-state index in [1.165, 1.54) is 0 Å². The van der Waals surface area contributed by atoms with Crippen molar-refractivity contribution in [3.8, 4) is 5.75 Å². The summed E-state index contributed by atoms with van der Waals surface area (Å²) in [4.78, 5) is 3.89. The molecule has 2 nitrogen and oxygen atoms in total. The van der Waals surface area contributed by atoms with Gasteiger partial charge < -0.3 is 0 Å². The molecule has 0 fully saturated rings. The van der Waals surface area contributed by atoms with Crippen LogP contribution in [-0.4, -0.2) is 25.4 Å². The Balaban J connectivity index is 3.14. The monoisotopic (exact) mass is 213 g/mol. The van der Waals surface area contributed by atoms with Gasteiger partial charge in [-0.25, -0.2) is 0 Å². The Kier molecular flexibility index (Phi) is 2.61. The first kappa shape index (κ1) is 8.22. The molecule has 11 heavy (non-hydrogen) atoms. The molecular formula is C8H7NOSe. The van der Waals surface area contributed by atoms with Crippen LogP contribution in [0.25, 0.3) is 0 Å². The number of aliphatic imine (C=N–C) groups is 1. The van der Waals surface area contributed by atoms with Crippen molar-refractivity contribution >= 4 is 26.0 Å². The molecule has 0 heterocycles. The Morgan fingerprint density at radius 1 is 1.55 bits per heavy atom. The van der Waals surface area contributed by atoms with Gasteiger partial charge in [-0.05, 0) is 0 Å². The van der Waals surface area contributed by atoms with Gasteiger partial charge in [0, 0.05) is 0 Å². The summed E-state index contributed by atoms with van der Waals surface area (Å²) < 4.78 is 2.55. The number of phenols is 1. The molecule has 3 heteroatoms. The number of rotatable bonds is 1. The van der Waals surface area contributed by atoms with Crippen molar-refractivity contribution in [2.75, 3.05) is 0 Å². The Morgan fingerprint density at radius 3 is 2.82 bits per heavy atom. The summed E-state index contributed by atoms with van der Waals surface area (Å²) in [7, 11) is 0. The molecule has 0 aliphatic carbocycles. The summed E-state index contributed by atoms with van der Waals surface area (Å²) in [5.41, 5.74) is 1.61. The number of aromatic hydroxyl groups is 1. The fourth-order valence-corrected chi connectivity index (χ4v) is 0.983. The van der Waals surface area contributed by atoms with E-state index in [0.29, 0.717) is 5.75 Å². The summed E-state index contributed by atoms with van der Waals surface area (Å²) in [5.74, 6) is 0.295. The van der Waals surface area contributed by atoms with Crippen LogP contribution in [0.5, 0.6) is 5.75 Å². The molecular weight excluding hydrogens is 205 g/mol. The van der Waals surface area contributed by atoms with Gasteiger partial charge in [0.05, 0.1) is 0 Å². The van der Waals surface area contributed by atoms with E-state index in [4.69, 9.17) is 5.11 Å². The molecule has 0 unspecified atom stereocenters. The summed E-state index contributed by atoms with van der Waals surface area (Å²) in [6.45, 7) is 1.83. The number of aryl methyl sites for hydroxylation is 1. The normalized spacial score (nSPS) is 8.82. The number of nitrogens with zero attached hydrogens (tertiary/aromatic N) is 1. The van der Waals surface area contributed by atoms with E-state index in [2.05, 4.69) is 25.3 Å². The van der Waals surface area contributed by atoms with Gasteiger partial charge in [0.1, 0.15) is 0 Å². The maximum absolute atomic E-state index is 9.14. The second-order valence-electron chi connectivity index (χ2n) is 2.17. The molecule has 0 atom stereocenters. The summed E-state index contributed by atoms with van der Waals surface area (Å²) in [5, 5.41) is 9.14. The van der Waals surface area contributed by atoms with Crippen LogP contribution in [0.3, 0.4) is 0 Å². The molecule has 0 aromatic heterocycles. The molecule has 0 radical (unpaired) electrons. The second kappa shape index (κ2) is 3.49. The van der Waals surface area contributed by atoms with Crippen molar-refractivity contribution in [3.05, 3.63) is 23.8 Å². The molecule has 1 aromatic rings. The average molecular weight is 212 g/mol. The number of benzene rings is 1. The second-order valence-corrected chi connectivity index (χ2v) is 2.56. The van der Waals surface area contributed by atoms with Gasteiger partial charge in [-0.1, -0.05) is 0 Å². The van der Waals surface area contributed by atoms with Crippen molar-refractivity contribution in [2.24, 2.45) is 4.99 Å². The molecule has 0 aliphatic rings. The van der Waals surface area contributed by atoms with Crippen molar-refractivity contribution in [2.45, 2.75) is 6.92 Å². The standard InChI is InChI=1S/C8H7NOSe/c1-6-4-7(9-5-11)2-3-8(6)10/h2-4,10H,1H3. The predicted octanol–water partition coefficient (Wildman–Crippen LogP) is 1.41. The van der Waals surface area contributed by atoms with Crippen LogP contribution in [-0.2, 0) is 0 Å². The van der Waals surface area contributed by atoms with Crippen molar-refractivity contribution in [3.63, 3.8) is 0 Å². The predicted molar refractivity (Wildman–Crippen MR) is 45.7 cm³/mol. The van der Waals surface area contributed by atoms with E-state index < -0.39 is 0 Å². The van der Waals surface area contributed by atoms with Crippen molar-refractivity contribution in [1.82, 2.24) is 0 Å². The topological polar surface area (TPSA) is 32.6 Å². The maximum atomic E-state index is 9.14. The molecule has 0 spiro atoms. The van der Waals surface area contributed by atoms with E-state index >= 15 is 0 Å². The molecule has 0 amide bonds. The van der Waals surface area contributed by atoms with Crippen LogP contribution in [0.4, 0.5) is 5.69 Å². The number of hydrogen-bond donors (Lipinski definition) is 1. The first-order valence-electron chi connectivity index (χ1n) is 3.11. The van der Waals surface area contributed by atoms with E-state index in [1.54, 1.807) is 18.2 Å². The van der Waals surface area contributed by atoms with Crippen LogP contribution in [0.2, 0.25) is 0 Å². The third kappa shape index (κ3) is 2.02. The first-order valence-corrected chi connectivity index (χ1v) is 3.97. The van der Waals surface area contributed by atoms with E-state index in [9.17, 15) is 0 Å². The van der Waals surface area contributed by atoms with Crippen LogP contribution in [0, 0.1) is 6.92 Å². The summed E-state index contributed by atoms with van der Waals surface area (Å²) in [6.07, 6.45) is 0. The molecule has 1 rings (SSSR count). The van der Waals surface area contributed by atoms with Gasteiger partial charge in [0.25, 0.3) is 0 Å². The zero-order chi connectivity index (χ0) is 8.27. The zero-order valence-electron chi connectivity index (χ0n) is 6.03. The molecule has 1 N–H and O–H groups in total. The Hall–Kier alpha value is -0.881. The quantitative estimate of drug-likeness (QED) is 0.554. The van der Waals surface area contributed by atoms with Crippen LogP contribution in [0.15, 0.2) is 23.2 Å². The molecule has 0 aliphatic heterocycles. The molecule has 0 saturated heterocycles. The van der Waals surface area contributed by atoms with Crippen molar-refractivity contribution < 1.29 is 5.11 Å². The fraction of sp³-hybridized carbons (Fsp3) is 0.125. The first-order chi connectivity index (χ1) is 5.24. The minimum absolute atomic E-state index is 0.295. The third-order valence-corrected chi connectivity index (χ3v) is 1.55. The van der Waals surface area contributed by atoms with Gasteiger partial charge in [-0.15, -0.1) is 0 Å². The molecule has 1 aromatic carbocycles. The minimum atomic E-state index is 0.295. The number of phenolic OH excluding ortho intramolecular Hbond substituents is 1. The molecule has 0 saturated carbocycles. The Bertz CT molecular complexity index is 316. The van der Waals surface area contributed by atoms with Crippen LogP contribution < -0.4 is 0 Å². The Morgan fingerprint density at radius 2 is 2.27 bits per heavy atom. The zero-order valence-corrected chi connectivity index (χ0v) is 7.75. The van der Waals surface area contributed by atoms with E-state index in [0.717, 1.165) is 11.3 Å². The van der Waals surface area contributed by atoms with Gasteiger partial charge in [0.15, 0.2) is 0 Å². The third-order valence-electron chi connectivity index (χ3n) is 1.36. The van der Waals surface area contributed by atoms with Gasteiger partial charge in [-0.3, -0.25) is 0 Å². The van der Waals surface area contributed by atoms with Crippen LogP contribution >= 0.6 is 0 Å².